The number of rotatable bonds is 3. The number of carbonyl (C=O) groups excluding carboxylic acids is 2. The fourth-order valence-electron chi connectivity index (χ4n) is 2.97. The molecule has 2 saturated heterocycles. The molecule has 2 aliphatic rings. The molecule has 0 bridgehead atoms. The molecule has 132 valence electrons. The van der Waals surface area contributed by atoms with Crippen molar-refractivity contribution in [2.24, 2.45) is 5.41 Å². The van der Waals surface area contributed by atoms with Gasteiger partial charge in [0.05, 0.1) is 18.1 Å². The first-order chi connectivity index (χ1) is 10.6. The highest BCUT2D eigenvalue weighted by Crippen LogP contribution is 2.18. The SMILES string of the molecule is CC(C)(C)C(=O)N1CCN(CC(=O)N[C@H]2CCS(=O)(=O)C2)CC1. The monoisotopic (exact) mass is 345 g/mol. The zero-order chi connectivity index (χ0) is 17.3. The summed E-state index contributed by atoms with van der Waals surface area (Å²) >= 11 is 0. The Bertz CT molecular complexity index is 560. The maximum Gasteiger partial charge on any atom is 0.234 e. The van der Waals surface area contributed by atoms with Gasteiger partial charge in [0.15, 0.2) is 9.84 Å². The Morgan fingerprint density at radius 2 is 1.74 bits per heavy atom. The van der Waals surface area contributed by atoms with E-state index in [0.29, 0.717) is 32.6 Å². The Hall–Kier alpha value is -1.15. The lowest BCUT2D eigenvalue weighted by molar-refractivity contribution is -0.141. The van der Waals surface area contributed by atoms with Gasteiger partial charge in [-0.3, -0.25) is 14.5 Å². The summed E-state index contributed by atoms with van der Waals surface area (Å²) in [6.45, 7) is 8.56. The van der Waals surface area contributed by atoms with Crippen LogP contribution in [0.3, 0.4) is 0 Å². The Kier molecular flexibility index (Phi) is 5.35. The van der Waals surface area contributed by atoms with Crippen LogP contribution in [-0.4, -0.2) is 80.3 Å². The molecular weight excluding hydrogens is 318 g/mol. The van der Waals surface area contributed by atoms with Crippen molar-refractivity contribution >= 4 is 21.7 Å². The van der Waals surface area contributed by atoms with Crippen molar-refractivity contribution in [3.63, 3.8) is 0 Å². The lowest BCUT2D eigenvalue weighted by Crippen LogP contribution is -2.53. The van der Waals surface area contributed by atoms with E-state index in [0.717, 1.165) is 0 Å². The molecule has 0 radical (unpaired) electrons. The third-order valence-electron chi connectivity index (χ3n) is 4.27. The lowest BCUT2D eigenvalue weighted by Gasteiger charge is -2.37. The second-order valence-corrected chi connectivity index (χ2v) is 9.71. The van der Waals surface area contributed by atoms with Crippen molar-refractivity contribution in [2.75, 3.05) is 44.2 Å². The van der Waals surface area contributed by atoms with E-state index in [4.69, 9.17) is 0 Å². The molecule has 0 aromatic carbocycles. The summed E-state index contributed by atoms with van der Waals surface area (Å²) in [5.74, 6) is 0.207. The lowest BCUT2D eigenvalue weighted by atomic mass is 9.94. The van der Waals surface area contributed by atoms with Crippen LogP contribution in [0.5, 0.6) is 0 Å². The van der Waals surface area contributed by atoms with E-state index in [1.165, 1.54) is 0 Å². The molecule has 1 N–H and O–H groups in total. The highest BCUT2D eigenvalue weighted by molar-refractivity contribution is 7.91. The number of hydrogen-bond acceptors (Lipinski definition) is 5. The van der Waals surface area contributed by atoms with E-state index in [-0.39, 0.29) is 41.3 Å². The molecule has 7 nitrogen and oxygen atoms in total. The van der Waals surface area contributed by atoms with E-state index in [9.17, 15) is 18.0 Å². The number of hydrogen-bond donors (Lipinski definition) is 1. The quantitative estimate of drug-likeness (QED) is 0.744. The standard InChI is InChI=1S/C15H27N3O4S/c1-15(2,3)14(20)18-7-5-17(6-8-18)10-13(19)16-12-4-9-23(21,22)11-12/h12H,4-11H2,1-3H3,(H,16,19)/t12-/m0/s1. The Balaban J connectivity index is 1.74. The van der Waals surface area contributed by atoms with Gasteiger partial charge in [-0.1, -0.05) is 20.8 Å². The first-order valence-electron chi connectivity index (χ1n) is 8.08. The van der Waals surface area contributed by atoms with Gasteiger partial charge in [-0.25, -0.2) is 8.42 Å². The van der Waals surface area contributed by atoms with Crippen LogP contribution in [0.2, 0.25) is 0 Å². The molecule has 2 fully saturated rings. The molecule has 1 atom stereocenters. The molecule has 0 saturated carbocycles. The minimum Gasteiger partial charge on any atom is -0.351 e. The summed E-state index contributed by atoms with van der Waals surface area (Å²) in [5, 5.41) is 2.80. The molecule has 0 aromatic rings. The van der Waals surface area contributed by atoms with Crippen LogP contribution in [0, 0.1) is 5.41 Å². The van der Waals surface area contributed by atoms with Crippen LogP contribution in [0.1, 0.15) is 27.2 Å². The summed E-state index contributed by atoms with van der Waals surface area (Å²) in [6.07, 6.45) is 0.502. The van der Waals surface area contributed by atoms with Crippen molar-refractivity contribution < 1.29 is 18.0 Å². The molecule has 8 heteroatoms. The normalized spacial score (nSPS) is 25.3. The van der Waals surface area contributed by atoms with Crippen LogP contribution in [0.15, 0.2) is 0 Å². The van der Waals surface area contributed by atoms with Crippen LogP contribution < -0.4 is 5.32 Å². The van der Waals surface area contributed by atoms with Gasteiger partial charge in [0.25, 0.3) is 0 Å². The van der Waals surface area contributed by atoms with Crippen molar-refractivity contribution in [1.29, 1.82) is 0 Å². The number of amides is 2. The fraction of sp³-hybridized carbons (Fsp3) is 0.867. The van der Waals surface area contributed by atoms with E-state index >= 15 is 0 Å². The molecule has 2 heterocycles. The van der Waals surface area contributed by atoms with Crippen LogP contribution in [-0.2, 0) is 19.4 Å². The summed E-state index contributed by atoms with van der Waals surface area (Å²) in [7, 11) is -2.98. The van der Waals surface area contributed by atoms with Crippen molar-refractivity contribution in [2.45, 2.75) is 33.2 Å². The van der Waals surface area contributed by atoms with E-state index in [2.05, 4.69) is 5.32 Å². The molecule has 0 unspecified atom stereocenters. The van der Waals surface area contributed by atoms with Gasteiger partial charge >= 0.3 is 0 Å². The predicted molar refractivity (Wildman–Crippen MR) is 87.7 cm³/mol. The van der Waals surface area contributed by atoms with Gasteiger partial charge in [-0.15, -0.1) is 0 Å². The fourth-order valence-corrected chi connectivity index (χ4v) is 4.64. The molecule has 0 spiro atoms. The molecule has 2 amide bonds. The van der Waals surface area contributed by atoms with Gasteiger partial charge in [0.1, 0.15) is 0 Å². The third-order valence-corrected chi connectivity index (χ3v) is 6.03. The average molecular weight is 345 g/mol. The first kappa shape index (κ1) is 18.2. The van der Waals surface area contributed by atoms with Gasteiger partial charge in [0.2, 0.25) is 11.8 Å². The Labute approximate surface area is 138 Å². The zero-order valence-electron chi connectivity index (χ0n) is 14.2. The molecule has 2 rings (SSSR count). The molecule has 23 heavy (non-hydrogen) atoms. The topological polar surface area (TPSA) is 86.8 Å². The average Bonchev–Trinajstić information content (AvgIpc) is 2.76. The van der Waals surface area contributed by atoms with E-state index in [1.54, 1.807) is 0 Å². The number of sulfone groups is 1. The molecule has 0 aromatic heterocycles. The summed E-state index contributed by atoms with van der Waals surface area (Å²) in [5.41, 5.74) is -0.381. The highest BCUT2D eigenvalue weighted by Gasteiger charge is 2.31. The van der Waals surface area contributed by atoms with Gasteiger partial charge in [-0.2, -0.15) is 0 Å². The minimum atomic E-state index is -2.98. The Morgan fingerprint density at radius 1 is 1.13 bits per heavy atom. The molecular formula is C15H27N3O4S. The van der Waals surface area contributed by atoms with Crippen LogP contribution in [0.4, 0.5) is 0 Å². The van der Waals surface area contributed by atoms with E-state index < -0.39 is 9.84 Å². The summed E-state index contributed by atoms with van der Waals surface area (Å²) < 4.78 is 22.8. The first-order valence-corrected chi connectivity index (χ1v) is 9.90. The van der Waals surface area contributed by atoms with Crippen molar-refractivity contribution in [3.8, 4) is 0 Å². The van der Waals surface area contributed by atoms with Crippen LogP contribution in [0.25, 0.3) is 0 Å². The number of nitrogens with zero attached hydrogens (tertiary/aromatic N) is 2. The smallest absolute Gasteiger partial charge is 0.234 e. The van der Waals surface area contributed by atoms with Gasteiger partial charge in [0, 0.05) is 37.6 Å². The minimum absolute atomic E-state index is 0.0482. The molecule has 0 aliphatic carbocycles. The van der Waals surface area contributed by atoms with Crippen LogP contribution >= 0.6 is 0 Å². The number of nitrogens with one attached hydrogen (secondary N) is 1. The Morgan fingerprint density at radius 3 is 2.22 bits per heavy atom. The van der Waals surface area contributed by atoms with Gasteiger partial charge < -0.3 is 10.2 Å². The number of piperazine rings is 1. The van der Waals surface area contributed by atoms with Crippen molar-refractivity contribution in [1.82, 2.24) is 15.1 Å². The predicted octanol–water partition coefficient (Wildman–Crippen LogP) is -0.520. The largest absolute Gasteiger partial charge is 0.351 e. The molecule has 2 aliphatic heterocycles. The summed E-state index contributed by atoms with van der Waals surface area (Å²) in [4.78, 5) is 28.1. The van der Waals surface area contributed by atoms with Crippen molar-refractivity contribution in [3.05, 3.63) is 0 Å². The second-order valence-electron chi connectivity index (χ2n) is 7.49. The summed E-state index contributed by atoms with van der Waals surface area (Å²) in [6, 6.07) is -0.253. The highest BCUT2D eigenvalue weighted by atomic mass is 32.2. The number of carbonyl (C=O) groups is 2. The zero-order valence-corrected chi connectivity index (χ0v) is 15.0. The second kappa shape index (κ2) is 6.76. The van der Waals surface area contributed by atoms with Gasteiger partial charge in [-0.05, 0) is 6.42 Å². The van der Waals surface area contributed by atoms with E-state index in [1.807, 2.05) is 30.6 Å². The maximum absolute atomic E-state index is 12.2. The maximum atomic E-state index is 12.2. The third kappa shape index (κ3) is 5.17.